The molecule has 5 heterocycles. The summed E-state index contributed by atoms with van der Waals surface area (Å²) in [4.78, 5) is 64.6. The molecule has 308 valence electrons. The Hall–Kier alpha value is -4.85. The lowest BCUT2D eigenvalue weighted by atomic mass is 9.90. The van der Waals surface area contributed by atoms with E-state index in [0.29, 0.717) is 47.3 Å². The lowest BCUT2D eigenvalue weighted by Crippen LogP contribution is -2.58. The number of aromatic nitrogens is 1. The fourth-order valence-electron chi connectivity index (χ4n) is 8.10. The van der Waals surface area contributed by atoms with Gasteiger partial charge in [-0.3, -0.25) is 28.7 Å². The van der Waals surface area contributed by atoms with Crippen molar-refractivity contribution in [2.45, 2.75) is 88.4 Å². The van der Waals surface area contributed by atoms with Crippen LogP contribution in [0.2, 0.25) is 0 Å². The first kappa shape index (κ1) is 41.3. The van der Waals surface area contributed by atoms with Gasteiger partial charge in [0, 0.05) is 67.5 Å². The summed E-state index contributed by atoms with van der Waals surface area (Å²) in [5.74, 6) is -3.30. The van der Waals surface area contributed by atoms with Crippen molar-refractivity contribution in [2.75, 3.05) is 38.7 Å². The van der Waals surface area contributed by atoms with Gasteiger partial charge in [0.05, 0.1) is 11.5 Å². The first-order valence-corrected chi connectivity index (χ1v) is 22.4. The molecule has 0 aliphatic carbocycles. The fourth-order valence-corrected chi connectivity index (χ4v) is 11.0. The third kappa shape index (κ3) is 8.62. The number of alkyl halides is 1. The van der Waals surface area contributed by atoms with E-state index < -0.39 is 43.4 Å². The monoisotopic (exact) mass is 832 g/mol. The Balaban J connectivity index is 1.03. The molecule has 0 spiro atoms. The Morgan fingerprint density at radius 2 is 1.83 bits per heavy atom. The number of esters is 1. The summed E-state index contributed by atoms with van der Waals surface area (Å²) >= 11 is 1.19. The maximum atomic E-state index is 16.5. The van der Waals surface area contributed by atoms with E-state index in [1.807, 2.05) is 43.1 Å². The molecule has 16 heteroatoms. The molecule has 2 aromatic carbocycles. The number of nitrogens with one attached hydrogen (secondary N) is 2. The molecule has 0 radical (unpaired) electrons. The highest BCUT2D eigenvalue weighted by Gasteiger charge is 2.48. The SMILES string of the molecule is CCCOC(=O)[C@H](C)N[P@](=O)(Oc1ccccc1)[C@@H](F)c1ccc2sc(C(=O)N[C@H]3CCC[C@H]4CC[C@@H](C(=O)N5CC(c6cnccc6N(C)C)C5)N4C3=O)cc2c1. The van der Waals surface area contributed by atoms with Gasteiger partial charge in [0.15, 0.2) is 0 Å². The van der Waals surface area contributed by atoms with Crippen LogP contribution in [0.15, 0.2) is 73.1 Å². The molecule has 0 bridgehead atoms. The predicted octanol–water partition coefficient (Wildman–Crippen LogP) is 6.80. The van der Waals surface area contributed by atoms with Crippen molar-refractivity contribution in [2.24, 2.45) is 0 Å². The number of carbonyl (C=O) groups excluding carboxylic acids is 4. The van der Waals surface area contributed by atoms with E-state index in [4.69, 9.17) is 9.26 Å². The molecule has 3 saturated heterocycles. The van der Waals surface area contributed by atoms with Crippen molar-refractivity contribution >= 4 is 58.3 Å². The second kappa shape index (κ2) is 17.6. The van der Waals surface area contributed by atoms with Crippen LogP contribution in [-0.2, 0) is 23.7 Å². The van der Waals surface area contributed by atoms with Gasteiger partial charge in [0.2, 0.25) is 17.7 Å². The van der Waals surface area contributed by atoms with Crippen LogP contribution in [0.5, 0.6) is 5.75 Å². The largest absolute Gasteiger partial charge is 0.465 e. The zero-order chi connectivity index (χ0) is 41.1. The van der Waals surface area contributed by atoms with Crippen LogP contribution in [0.3, 0.4) is 0 Å². The van der Waals surface area contributed by atoms with Crippen LogP contribution in [0, 0.1) is 0 Å². The second-order valence-electron chi connectivity index (χ2n) is 15.5. The van der Waals surface area contributed by atoms with Gasteiger partial charge in [-0.1, -0.05) is 31.2 Å². The van der Waals surface area contributed by atoms with E-state index in [0.717, 1.165) is 30.5 Å². The number of fused-ring (bicyclic) bond motifs is 2. The third-order valence-corrected chi connectivity index (χ3v) is 14.4. The molecule has 7 rings (SSSR count). The summed E-state index contributed by atoms with van der Waals surface area (Å²) in [5.41, 5.74) is 2.20. The number of likely N-dealkylation sites (tertiary alicyclic amines) is 1. The number of rotatable bonds is 14. The van der Waals surface area contributed by atoms with Crippen molar-refractivity contribution in [3.63, 3.8) is 0 Å². The molecule has 2 aromatic heterocycles. The minimum atomic E-state index is -4.44. The molecule has 2 N–H and O–H groups in total. The first-order valence-electron chi connectivity index (χ1n) is 19.9. The molecule has 13 nitrogen and oxygen atoms in total. The summed E-state index contributed by atoms with van der Waals surface area (Å²) in [5, 5.41) is 6.07. The minimum absolute atomic E-state index is 0.0278. The Kier molecular flexibility index (Phi) is 12.5. The number of hydrogen-bond acceptors (Lipinski definition) is 10. The number of thiophene rings is 1. The smallest absolute Gasteiger partial charge is 0.355 e. The van der Waals surface area contributed by atoms with Crippen LogP contribution in [0.4, 0.5) is 10.1 Å². The summed E-state index contributed by atoms with van der Waals surface area (Å²) < 4.78 is 42.4. The molecule has 0 saturated carbocycles. The second-order valence-corrected chi connectivity index (χ2v) is 18.7. The number of pyridine rings is 1. The molecule has 4 aromatic rings. The highest BCUT2D eigenvalue weighted by Crippen LogP contribution is 2.58. The van der Waals surface area contributed by atoms with E-state index in [9.17, 15) is 23.7 Å². The van der Waals surface area contributed by atoms with Crippen molar-refractivity contribution in [1.29, 1.82) is 0 Å². The summed E-state index contributed by atoms with van der Waals surface area (Å²) in [6.45, 7) is 4.57. The number of hydrogen-bond donors (Lipinski definition) is 2. The van der Waals surface area contributed by atoms with Gasteiger partial charge < -0.3 is 29.3 Å². The number of nitrogens with zero attached hydrogens (tertiary/aromatic N) is 4. The van der Waals surface area contributed by atoms with Crippen LogP contribution in [0.25, 0.3) is 10.1 Å². The van der Waals surface area contributed by atoms with Gasteiger partial charge >= 0.3 is 13.5 Å². The van der Waals surface area contributed by atoms with Crippen LogP contribution < -0.4 is 19.8 Å². The van der Waals surface area contributed by atoms with E-state index in [2.05, 4.69) is 15.4 Å². The predicted molar refractivity (Wildman–Crippen MR) is 221 cm³/mol. The van der Waals surface area contributed by atoms with E-state index >= 15 is 4.39 Å². The zero-order valence-corrected chi connectivity index (χ0v) is 34.8. The molecule has 3 fully saturated rings. The van der Waals surface area contributed by atoms with Crippen molar-refractivity contribution in [3.8, 4) is 5.75 Å². The number of halogens is 1. The molecular weight excluding hydrogens is 783 g/mol. The van der Waals surface area contributed by atoms with E-state index in [1.165, 1.54) is 30.4 Å². The first-order chi connectivity index (χ1) is 27.9. The molecule has 6 atom stereocenters. The normalized spacial score (nSPS) is 21.6. The van der Waals surface area contributed by atoms with Gasteiger partial charge in [-0.25, -0.2) is 9.48 Å². The van der Waals surface area contributed by atoms with Crippen molar-refractivity contribution in [3.05, 3.63) is 89.1 Å². The lowest BCUT2D eigenvalue weighted by molar-refractivity contribution is -0.148. The highest BCUT2D eigenvalue weighted by molar-refractivity contribution is 7.57. The average molecular weight is 833 g/mol. The average Bonchev–Trinajstić information content (AvgIpc) is 3.79. The van der Waals surface area contributed by atoms with E-state index in [1.54, 1.807) is 53.6 Å². The quantitative estimate of drug-likeness (QED) is 0.103. The number of amides is 3. The lowest BCUT2D eigenvalue weighted by Gasteiger charge is -2.43. The Labute approximate surface area is 341 Å². The Morgan fingerprint density at radius 1 is 1.05 bits per heavy atom. The topological polar surface area (TPSA) is 150 Å². The fraction of sp³-hybridized carbons (Fsp3) is 0.452. The number of ether oxygens (including phenoxy) is 1. The van der Waals surface area contributed by atoms with Gasteiger partial charge in [0.25, 0.3) is 5.91 Å². The minimum Gasteiger partial charge on any atom is -0.465 e. The number of para-hydroxylation sites is 1. The molecule has 3 aliphatic rings. The number of anilines is 1. The van der Waals surface area contributed by atoms with E-state index in [-0.39, 0.29) is 41.7 Å². The van der Waals surface area contributed by atoms with Gasteiger partial charge in [-0.2, -0.15) is 0 Å². The summed E-state index contributed by atoms with van der Waals surface area (Å²) in [6.07, 6.45) is 7.47. The van der Waals surface area contributed by atoms with Crippen LogP contribution >= 0.6 is 18.9 Å². The maximum Gasteiger partial charge on any atom is 0.355 e. The summed E-state index contributed by atoms with van der Waals surface area (Å²) in [7, 11) is -0.469. The van der Waals surface area contributed by atoms with Gasteiger partial charge in [-0.15, -0.1) is 11.3 Å². The van der Waals surface area contributed by atoms with Crippen molar-refractivity contribution < 1.29 is 37.4 Å². The van der Waals surface area contributed by atoms with Crippen LogP contribution in [0.1, 0.15) is 85.0 Å². The molecule has 58 heavy (non-hydrogen) atoms. The molecule has 3 aliphatic heterocycles. The third-order valence-electron chi connectivity index (χ3n) is 11.1. The molecule has 3 amide bonds. The summed E-state index contributed by atoms with van der Waals surface area (Å²) in [6, 6.07) is 13.8. The Bertz CT molecular complexity index is 2200. The van der Waals surface area contributed by atoms with Gasteiger partial charge in [0.1, 0.15) is 23.9 Å². The number of benzene rings is 2. The van der Waals surface area contributed by atoms with Crippen LogP contribution in [-0.4, -0.2) is 96.4 Å². The standard InChI is InChI=1S/C42H50FN6O7PS/c1-5-20-55-42(53)26(2)46-57(54,56-31-11-7-6-8-12-31)38(43)27-14-17-36-28(21-27)22-37(58-36)39(50)45-33-13-9-10-30-15-16-35(49(30)40(33)51)41(52)48-24-29(25-48)32-23-44-19-18-34(32)47(3)4/h6-8,11-12,14,17-19,21-23,26,29-30,33,35,38H,5,9-10,13,15-16,20,24-25H2,1-4H3,(H,45,50)(H,46,54)/t26-,30-,33-,35-,38+,57+/m0/s1. The molecule has 0 unspecified atom stereocenters. The number of carbonyl (C=O) groups is 4. The van der Waals surface area contributed by atoms with Gasteiger partial charge in [-0.05, 0) is 92.8 Å². The Morgan fingerprint density at radius 3 is 2.57 bits per heavy atom. The molecular formula is C42H50FN6O7PS. The van der Waals surface area contributed by atoms with Crippen molar-refractivity contribution in [1.82, 2.24) is 25.2 Å². The highest BCUT2D eigenvalue weighted by atomic mass is 32.1. The zero-order valence-electron chi connectivity index (χ0n) is 33.1. The maximum absolute atomic E-state index is 16.5.